The fourth-order valence-electron chi connectivity index (χ4n) is 3.16. The predicted molar refractivity (Wildman–Crippen MR) is 101 cm³/mol. The van der Waals surface area contributed by atoms with E-state index in [1.807, 2.05) is 35.1 Å². The largest absolute Gasteiger partial charge is 0.387 e. The van der Waals surface area contributed by atoms with Crippen LogP contribution in [0.2, 0.25) is 0 Å². The number of amidine groups is 1. The number of nitrogens with one attached hydrogen (secondary N) is 1. The maximum atomic E-state index is 7.71. The molecule has 0 radical (unpaired) electrons. The van der Waals surface area contributed by atoms with Crippen molar-refractivity contribution in [2.45, 2.75) is 43.6 Å². The lowest BCUT2D eigenvalue weighted by atomic mass is 10.1. The van der Waals surface area contributed by atoms with E-state index >= 15 is 0 Å². The highest BCUT2D eigenvalue weighted by Crippen LogP contribution is 2.47. The molecule has 2 saturated carbocycles. The molecular weight excluding hydrogens is 366 g/mol. The molecule has 27 heavy (non-hydrogen) atoms. The first-order chi connectivity index (χ1) is 12.6. The molecule has 0 unspecified atom stereocenters. The monoisotopic (exact) mass is 385 g/mol. The van der Waals surface area contributed by atoms with Crippen LogP contribution in [0.15, 0.2) is 35.0 Å². The quantitative estimate of drug-likeness (QED) is 0.497. The molecule has 3 aromatic rings. The second-order valence-corrected chi connectivity index (χ2v) is 7.23. The number of halogens is 1. The Labute approximate surface area is 162 Å². The zero-order valence-electron chi connectivity index (χ0n) is 14.6. The van der Waals surface area contributed by atoms with Gasteiger partial charge in [0.05, 0.1) is 12.2 Å². The van der Waals surface area contributed by atoms with Gasteiger partial charge in [0, 0.05) is 17.7 Å². The van der Waals surface area contributed by atoms with E-state index in [4.69, 9.17) is 15.7 Å². The summed E-state index contributed by atoms with van der Waals surface area (Å²) in [5.74, 6) is 1.68. The Kier molecular flexibility index (Phi) is 4.22. The van der Waals surface area contributed by atoms with Gasteiger partial charge in [-0.05, 0) is 31.2 Å². The lowest BCUT2D eigenvalue weighted by Gasteiger charge is -2.05. The van der Waals surface area contributed by atoms with E-state index in [2.05, 4.69) is 20.5 Å². The predicted octanol–water partition coefficient (Wildman–Crippen LogP) is 2.64. The van der Waals surface area contributed by atoms with E-state index in [0.717, 1.165) is 29.7 Å². The van der Waals surface area contributed by atoms with Crippen molar-refractivity contribution in [2.75, 3.05) is 0 Å². The number of benzene rings is 1. The molecular formula is C18H20ClN7O. The molecule has 2 aliphatic carbocycles. The number of hydrogen-bond donors (Lipinski definition) is 2. The zero-order valence-corrected chi connectivity index (χ0v) is 15.4. The van der Waals surface area contributed by atoms with Gasteiger partial charge < -0.3 is 10.3 Å². The fourth-order valence-corrected chi connectivity index (χ4v) is 3.16. The minimum absolute atomic E-state index is 0. The van der Waals surface area contributed by atoms with Crippen LogP contribution in [-0.2, 0) is 12.0 Å². The molecule has 2 aromatic heterocycles. The van der Waals surface area contributed by atoms with Crippen LogP contribution in [0, 0.1) is 5.41 Å². The van der Waals surface area contributed by atoms with Crippen molar-refractivity contribution in [1.29, 1.82) is 5.41 Å². The normalized spacial score (nSPS) is 17.3. The van der Waals surface area contributed by atoms with Gasteiger partial charge in [-0.25, -0.2) is 4.68 Å². The Morgan fingerprint density at radius 1 is 1.26 bits per heavy atom. The lowest BCUT2D eigenvalue weighted by molar-refractivity contribution is 0.367. The molecule has 2 fully saturated rings. The minimum atomic E-state index is -0.530. The minimum Gasteiger partial charge on any atom is -0.387 e. The number of hydrogen-bond acceptors (Lipinski definition) is 6. The fraction of sp³-hybridized carbons (Fsp3) is 0.389. The third-order valence-corrected chi connectivity index (χ3v) is 5.21. The second kappa shape index (κ2) is 6.45. The molecule has 0 aliphatic heterocycles. The first-order valence-corrected chi connectivity index (χ1v) is 8.82. The van der Waals surface area contributed by atoms with Crippen LogP contribution in [0.25, 0.3) is 11.4 Å². The smallest absolute Gasteiger partial charge is 0.240 e. The Morgan fingerprint density at radius 3 is 2.63 bits per heavy atom. The van der Waals surface area contributed by atoms with Crippen molar-refractivity contribution >= 4 is 18.2 Å². The molecule has 2 aliphatic rings. The zero-order chi connectivity index (χ0) is 17.7. The van der Waals surface area contributed by atoms with Crippen LogP contribution < -0.4 is 5.73 Å². The van der Waals surface area contributed by atoms with Crippen LogP contribution in [0.5, 0.6) is 0 Å². The summed E-state index contributed by atoms with van der Waals surface area (Å²) in [6.45, 7) is 0.685. The highest BCUT2D eigenvalue weighted by molar-refractivity contribution is 5.91. The van der Waals surface area contributed by atoms with Crippen LogP contribution in [0.3, 0.4) is 0 Å². The molecule has 0 bridgehead atoms. The van der Waals surface area contributed by atoms with Gasteiger partial charge in [-0.2, -0.15) is 4.98 Å². The molecule has 8 nitrogen and oxygen atoms in total. The summed E-state index contributed by atoms with van der Waals surface area (Å²) in [6, 6.07) is 8.00. The summed E-state index contributed by atoms with van der Waals surface area (Å²) in [7, 11) is 0. The van der Waals surface area contributed by atoms with Gasteiger partial charge >= 0.3 is 0 Å². The van der Waals surface area contributed by atoms with E-state index in [0.29, 0.717) is 24.2 Å². The van der Waals surface area contributed by atoms with E-state index < -0.39 is 5.41 Å². The molecule has 1 aromatic carbocycles. The van der Waals surface area contributed by atoms with Crippen molar-refractivity contribution in [2.24, 2.45) is 5.73 Å². The van der Waals surface area contributed by atoms with Crippen LogP contribution in [-0.4, -0.2) is 31.0 Å². The Morgan fingerprint density at radius 2 is 2.00 bits per heavy atom. The van der Waals surface area contributed by atoms with Gasteiger partial charge in [-0.1, -0.05) is 34.6 Å². The Hall–Kier alpha value is -2.74. The van der Waals surface area contributed by atoms with Gasteiger partial charge in [-0.15, -0.1) is 17.5 Å². The van der Waals surface area contributed by atoms with Crippen LogP contribution in [0.1, 0.15) is 48.7 Å². The summed E-state index contributed by atoms with van der Waals surface area (Å²) in [5.41, 5.74) is 8.25. The standard InChI is InChI=1S/C18H19N7O.ClH/c19-16(20)18(7-8-18)17-21-15(23-26-17)13-3-1-11(2-4-13)9-25-10-14(22-24-25)12-5-6-12;/h1-4,10,12H,5-9H2,(H3,19,20);1H. The van der Waals surface area contributed by atoms with Crippen molar-refractivity contribution in [1.82, 2.24) is 25.1 Å². The highest BCUT2D eigenvalue weighted by atomic mass is 35.5. The summed E-state index contributed by atoms with van der Waals surface area (Å²) in [4.78, 5) is 4.45. The summed E-state index contributed by atoms with van der Waals surface area (Å²) < 4.78 is 7.23. The molecule has 5 rings (SSSR count). The second-order valence-electron chi connectivity index (χ2n) is 7.23. The third kappa shape index (κ3) is 3.21. The third-order valence-electron chi connectivity index (χ3n) is 5.21. The topological polar surface area (TPSA) is 120 Å². The van der Waals surface area contributed by atoms with Gasteiger partial charge in [0.15, 0.2) is 0 Å². The van der Waals surface area contributed by atoms with Gasteiger partial charge in [-0.3, -0.25) is 5.41 Å². The average Bonchev–Trinajstić information content (AvgIpc) is 3.56. The van der Waals surface area contributed by atoms with Crippen LogP contribution >= 0.6 is 12.4 Å². The SMILES string of the molecule is Cl.N=C(N)C1(c2nc(-c3ccc(Cn4cc(C5CC5)nn4)cc3)no2)CC1. The lowest BCUT2D eigenvalue weighted by Crippen LogP contribution is -2.27. The number of nitrogens with two attached hydrogens (primary N) is 1. The maximum Gasteiger partial charge on any atom is 0.240 e. The highest BCUT2D eigenvalue weighted by Gasteiger charge is 2.52. The van der Waals surface area contributed by atoms with E-state index in [9.17, 15) is 0 Å². The number of rotatable bonds is 6. The molecule has 9 heteroatoms. The van der Waals surface area contributed by atoms with E-state index in [1.165, 1.54) is 12.8 Å². The molecule has 3 N–H and O–H groups in total. The first kappa shape index (κ1) is 17.7. The molecule has 0 atom stereocenters. The Bertz CT molecular complexity index is 970. The average molecular weight is 386 g/mol. The number of aromatic nitrogens is 5. The van der Waals surface area contributed by atoms with Gasteiger partial charge in [0.25, 0.3) is 0 Å². The van der Waals surface area contributed by atoms with E-state index in [-0.39, 0.29) is 18.2 Å². The van der Waals surface area contributed by atoms with Crippen LogP contribution in [0.4, 0.5) is 0 Å². The van der Waals surface area contributed by atoms with Crippen molar-refractivity contribution in [3.63, 3.8) is 0 Å². The molecule has 0 spiro atoms. The maximum absolute atomic E-state index is 7.71. The van der Waals surface area contributed by atoms with Crippen molar-refractivity contribution in [3.05, 3.63) is 47.6 Å². The molecule has 0 amide bonds. The van der Waals surface area contributed by atoms with E-state index in [1.54, 1.807) is 0 Å². The van der Waals surface area contributed by atoms with Crippen molar-refractivity contribution in [3.8, 4) is 11.4 Å². The Balaban J connectivity index is 0.00000180. The molecule has 2 heterocycles. The summed E-state index contributed by atoms with van der Waals surface area (Å²) >= 11 is 0. The summed E-state index contributed by atoms with van der Waals surface area (Å²) in [5, 5.41) is 20.2. The van der Waals surface area contributed by atoms with Gasteiger partial charge in [0.2, 0.25) is 11.7 Å². The summed E-state index contributed by atoms with van der Waals surface area (Å²) in [6.07, 6.45) is 6.08. The van der Waals surface area contributed by atoms with Crippen molar-refractivity contribution < 1.29 is 4.52 Å². The first-order valence-electron chi connectivity index (χ1n) is 8.82. The number of nitrogens with zero attached hydrogens (tertiary/aromatic N) is 5. The molecule has 0 saturated heterocycles. The van der Waals surface area contributed by atoms with Gasteiger partial charge in [0.1, 0.15) is 11.3 Å². The molecule has 140 valence electrons.